The number of rotatable bonds is 2. The number of carbonyl (C=O) groups is 2. The summed E-state index contributed by atoms with van der Waals surface area (Å²) in [7, 11) is 0. The summed E-state index contributed by atoms with van der Waals surface area (Å²) in [6, 6.07) is 0. The van der Waals surface area contributed by atoms with Crippen molar-refractivity contribution in [3.63, 3.8) is 0 Å². The Morgan fingerprint density at radius 3 is 1.54 bits per heavy atom. The predicted octanol–water partition coefficient (Wildman–Crippen LogP) is 3.63. The smallest absolute Gasteiger partial charge is 0.141 e. The van der Waals surface area contributed by atoms with Crippen LogP contribution in [0.2, 0.25) is 0 Å². The summed E-state index contributed by atoms with van der Waals surface area (Å²) in [5.41, 5.74) is -1.66. The Balaban J connectivity index is 0.000000449. The van der Waals surface area contributed by atoms with Crippen LogP contribution in [0, 0.1) is 29.6 Å². The van der Waals surface area contributed by atoms with E-state index < -0.39 is 11.2 Å². The fourth-order valence-electron chi connectivity index (χ4n) is 3.87. The molecule has 0 aromatic carbocycles. The van der Waals surface area contributed by atoms with Gasteiger partial charge >= 0.3 is 0 Å². The number of Topliss-reactive ketones (excluding diaryl/α,β-unsaturated/α-hetero) is 2. The molecule has 0 bridgehead atoms. The Bertz CT molecular complexity index is 461. The molecule has 2 rings (SSSR count). The number of ketones is 2. The molecule has 2 aliphatic carbocycles. The van der Waals surface area contributed by atoms with Gasteiger partial charge in [0.1, 0.15) is 11.6 Å². The zero-order valence-corrected chi connectivity index (χ0v) is 16.4. The van der Waals surface area contributed by atoms with Crippen LogP contribution in [0.4, 0.5) is 0 Å². The van der Waals surface area contributed by atoms with Crippen molar-refractivity contribution < 1.29 is 21.2 Å². The van der Waals surface area contributed by atoms with Crippen LogP contribution in [0.3, 0.4) is 0 Å². The SMILES string of the molecule is CC1CCC(C(C)(C)O)C(=O)C1C.CC1CCC(C(C)(C)O)C1=O.[HH]. The largest absolute Gasteiger partial charge is 0.390 e. The lowest BCUT2D eigenvalue weighted by Crippen LogP contribution is -2.43. The highest BCUT2D eigenvalue weighted by Crippen LogP contribution is 2.36. The van der Waals surface area contributed by atoms with Crippen LogP contribution >= 0.6 is 0 Å². The Morgan fingerprint density at radius 1 is 0.792 bits per heavy atom. The van der Waals surface area contributed by atoms with Gasteiger partial charge in [0.2, 0.25) is 0 Å². The molecule has 0 radical (unpaired) electrons. The lowest BCUT2D eigenvalue weighted by atomic mass is 9.69. The normalized spacial score (nSPS) is 34.8. The van der Waals surface area contributed by atoms with Gasteiger partial charge in [-0.05, 0) is 59.3 Å². The van der Waals surface area contributed by atoms with Crippen molar-refractivity contribution in [1.82, 2.24) is 0 Å². The van der Waals surface area contributed by atoms with E-state index in [0.717, 1.165) is 25.7 Å². The standard InChI is InChI=1S/C11H20O2.C9H16O2.H2/c1-7-5-6-9(11(3,4)13)10(12)8(7)2;1-6-4-5-7(8(6)10)9(2,3)11;/h7-9,13H,5-6H2,1-4H3;6-7,11H,4-5H2,1-3H3;1H. The first-order valence-electron chi connectivity index (χ1n) is 9.29. The Kier molecular flexibility index (Phi) is 6.79. The molecule has 2 aliphatic rings. The molecule has 2 fully saturated rings. The zero-order valence-electron chi connectivity index (χ0n) is 16.4. The molecular weight excluding hydrogens is 304 g/mol. The van der Waals surface area contributed by atoms with Gasteiger partial charge in [-0.15, -0.1) is 0 Å². The zero-order chi connectivity index (χ0) is 18.9. The van der Waals surface area contributed by atoms with E-state index >= 15 is 0 Å². The summed E-state index contributed by atoms with van der Waals surface area (Å²) >= 11 is 0. The molecule has 2 saturated carbocycles. The number of carbonyl (C=O) groups excluding carboxylic acids is 2. The Labute approximate surface area is 148 Å². The maximum absolute atomic E-state index is 11.8. The van der Waals surface area contributed by atoms with E-state index in [1.165, 1.54) is 0 Å². The minimum atomic E-state index is -0.842. The average molecular weight is 343 g/mol. The summed E-state index contributed by atoms with van der Waals surface area (Å²) < 4.78 is 0. The molecule has 0 spiro atoms. The summed E-state index contributed by atoms with van der Waals surface area (Å²) in [6.45, 7) is 12.9. The van der Waals surface area contributed by atoms with Gasteiger partial charge in [-0.2, -0.15) is 0 Å². The van der Waals surface area contributed by atoms with Crippen molar-refractivity contribution in [2.45, 2.75) is 85.4 Å². The fraction of sp³-hybridized carbons (Fsp3) is 0.900. The van der Waals surface area contributed by atoms with Crippen LogP contribution in [0.5, 0.6) is 0 Å². The van der Waals surface area contributed by atoms with E-state index in [4.69, 9.17) is 0 Å². The highest BCUT2D eigenvalue weighted by atomic mass is 16.3. The number of hydrogen-bond donors (Lipinski definition) is 2. The molecule has 0 saturated heterocycles. The van der Waals surface area contributed by atoms with Crippen molar-refractivity contribution in [2.24, 2.45) is 29.6 Å². The predicted molar refractivity (Wildman–Crippen MR) is 97.7 cm³/mol. The fourth-order valence-corrected chi connectivity index (χ4v) is 3.87. The molecule has 24 heavy (non-hydrogen) atoms. The Hall–Kier alpha value is -0.740. The monoisotopic (exact) mass is 342 g/mol. The molecule has 4 nitrogen and oxygen atoms in total. The summed E-state index contributed by atoms with van der Waals surface area (Å²) in [6.07, 6.45) is 3.69. The summed E-state index contributed by atoms with van der Waals surface area (Å²) in [5, 5.41) is 19.4. The number of aliphatic hydroxyl groups is 2. The van der Waals surface area contributed by atoms with E-state index in [9.17, 15) is 19.8 Å². The van der Waals surface area contributed by atoms with E-state index in [2.05, 4.69) is 6.92 Å². The molecule has 0 heterocycles. The third kappa shape index (κ3) is 5.13. The van der Waals surface area contributed by atoms with Gasteiger partial charge < -0.3 is 10.2 Å². The molecule has 5 atom stereocenters. The highest BCUT2D eigenvalue weighted by Gasteiger charge is 2.41. The molecule has 5 unspecified atom stereocenters. The summed E-state index contributed by atoms with van der Waals surface area (Å²) in [4.78, 5) is 23.2. The molecule has 0 aromatic rings. The van der Waals surface area contributed by atoms with E-state index in [1.807, 2.05) is 13.8 Å². The minimum Gasteiger partial charge on any atom is -0.390 e. The van der Waals surface area contributed by atoms with Gasteiger partial charge in [-0.1, -0.05) is 20.8 Å². The van der Waals surface area contributed by atoms with Crippen LogP contribution < -0.4 is 0 Å². The first-order valence-corrected chi connectivity index (χ1v) is 9.29. The second-order valence-corrected chi connectivity index (χ2v) is 9.04. The molecule has 142 valence electrons. The average Bonchev–Trinajstić information content (AvgIpc) is 2.75. The molecule has 0 aliphatic heterocycles. The van der Waals surface area contributed by atoms with Crippen molar-refractivity contribution in [2.75, 3.05) is 0 Å². The molecule has 0 amide bonds. The lowest BCUT2D eigenvalue weighted by Gasteiger charge is -2.37. The Morgan fingerprint density at radius 2 is 1.21 bits per heavy atom. The van der Waals surface area contributed by atoms with E-state index in [0.29, 0.717) is 5.92 Å². The minimum absolute atomic E-state index is 0. The van der Waals surface area contributed by atoms with Gasteiger partial charge in [-0.3, -0.25) is 9.59 Å². The third-order valence-electron chi connectivity index (χ3n) is 5.98. The van der Waals surface area contributed by atoms with Gasteiger partial charge in [0, 0.05) is 25.1 Å². The first kappa shape index (κ1) is 21.3. The third-order valence-corrected chi connectivity index (χ3v) is 5.98. The molecular formula is C20H38O4. The quantitative estimate of drug-likeness (QED) is 0.803. The van der Waals surface area contributed by atoms with Gasteiger partial charge in [0.05, 0.1) is 11.2 Å². The maximum Gasteiger partial charge on any atom is 0.141 e. The first-order chi connectivity index (χ1) is 10.8. The van der Waals surface area contributed by atoms with Gasteiger partial charge in [-0.25, -0.2) is 0 Å². The van der Waals surface area contributed by atoms with Gasteiger partial charge in [0.15, 0.2) is 0 Å². The van der Waals surface area contributed by atoms with Crippen molar-refractivity contribution in [3.8, 4) is 0 Å². The maximum atomic E-state index is 11.8. The highest BCUT2D eigenvalue weighted by molar-refractivity contribution is 5.86. The van der Waals surface area contributed by atoms with E-state index in [1.54, 1.807) is 27.7 Å². The van der Waals surface area contributed by atoms with Crippen molar-refractivity contribution >= 4 is 11.6 Å². The second-order valence-electron chi connectivity index (χ2n) is 9.04. The molecule has 0 aromatic heterocycles. The molecule has 2 N–H and O–H groups in total. The van der Waals surface area contributed by atoms with Crippen LogP contribution in [-0.4, -0.2) is 33.0 Å². The van der Waals surface area contributed by atoms with Gasteiger partial charge in [0.25, 0.3) is 0 Å². The van der Waals surface area contributed by atoms with Crippen LogP contribution in [-0.2, 0) is 9.59 Å². The molecule has 4 heteroatoms. The summed E-state index contributed by atoms with van der Waals surface area (Å²) in [5.74, 6) is 0.947. The van der Waals surface area contributed by atoms with Crippen LogP contribution in [0.15, 0.2) is 0 Å². The van der Waals surface area contributed by atoms with Crippen LogP contribution in [0.25, 0.3) is 0 Å². The topological polar surface area (TPSA) is 74.6 Å². The van der Waals surface area contributed by atoms with E-state index in [-0.39, 0.29) is 36.7 Å². The number of hydrogen-bond acceptors (Lipinski definition) is 4. The van der Waals surface area contributed by atoms with Crippen LogP contribution in [0.1, 0.15) is 75.6 Å². The second kappa shape index (κ2) is 7.65. The van der Waals surface area contributed by atoms with Crippen molar-refractivity contribution in [3.05, 3.63) is 0 Å². The van der Waals surface area contributed by atoms with Crippen molar-refractivity contribution in [1.29, 1.82) is 0 Å². The lowest BCUT2D eigenvalue weighted by molar-refractivity contribution is -0.139.